The van der Waals surface area contributed by atoms with Crippen molar-refractivity contribution in [1.82, 2.24) is 4.98 Å². The van der Waals surface area contributed by atoms with Gasteiger partial charge in [-0.15, -0.1) is 11.3 Å². The molecule has 1 fully saturated rings. The minimum atomic E-state index is -0.319. The Bertz CT molecular complexity index is 582. The van der Waals surface area contributed by atoms with E-state index in [0.29, 0.717) is 12.5 Å². The van der Waals surface area contributed by atoms with Gasteiger partial charge in [-0.25, -0.2) is 4.98 Å². The summed E-state index contributed by atoms with van der Waals surface area (Å²) in [5, 5.41) is 1.02. The zero-order chi connectivity index (χ0) is 14.2. The van der Waals surface area contributed by atoms with Gasteiger partial charge in [-0.1, -0.05) is 18.2 Å². The van der Waals surface area contributed by atoms with E-state index in [9.17, 15) is 0 Å². The molecule has 0 radical (unpaired) electrons. The van der Waals surface area contributed by atoms with E-state index in [1.54, 1.807) is 11.3 Å². The van der Waals surface area contributed by atoms with Crippen LogP contribution in [0.3, 0.4) is 0 Å². The molecule has 1 aromatic carbocycles. The fraction of sp³-hybridized carbons (Fsp3) is 0.438. The lowest BCUT2D eigenvalue weighted by molar-refractivity contribution is 0.305. The molecular weight excluding hydrogens is 268 g/mol. The lowest BCUT2D eigenvalue weighted by atomic mass is 10.0. The Morgan fingerprint density at radius 2 is 2.00 bits per heavy atom. The van der Waals surface area contributed by atoms with E-state index in [0.717, 1.165) is 10.8 Å². The number of ether oxygens (including phenoxy) is 1. The summed E-state index contributed by atoms with van der Waals surface area (Å²) in [5.74, 6) is 1.50. The highest BCUT2D eigenvalue weighted by molar-refractivity contribution is 7.11. The van der Waals surface area contributed by atoms with Crippen LogP contribution in [0.1, 0.15) is 48.2 Å². The van der Waals surface area contributed by atoms with Crippen molar-refractivity contribution < 1.29 is 4.74 Å². The van der Waals surface area contributed by atoms with Crippen LogP contribution < -0.4 is 10.5 Å². The summed E-state index contributed by atoms with van der Waals surface area (Å²) in [4.78, 5) is 5.98. The summed E-state index contributed by atoms with van der Waals surface area (Å²) in [7, 11) is 0. The Hall–Kier alpha value is -1.39. The predicted molar refractivity (Wildman–Crippen MR) is 82.1 cm³/mol. The largest absolute Gasteiger partial charge is 0.486 e. The van der Waals surface area contributed by atoms with Gasteiger partial charge in [0.2, 0.25) is 0 Å². The summed E-state index contributed by atoms with van der Waals surface area (Å²) in [5.41, 5.74) is 7.16. The topological polar surface area (TPSA) is 48.1 Å². The molecule has 1 heterocycles. The van der Waals surface area contributed by atoms with Crippen molar-refractivity contribution in [1.29, 1.82) is 0 Å². The molecule has 4 heteroatoms. The molecule has 1 aromatic heterocycles. The third-order valence-electron chi connectivity index (χ3n) is 3.35. The molecule has 1 saturated carbocycles. The van der Waals surface area contributed by atoms with Crippen LogP contribution in [-0.4, -0.2) is 4.98 Å². The number of thiazole rings is 1. The van der Waals surface area contributed by atoms with Gasteiger partial charge in [0.05, 0.1) is 5.69 Å². The Kier molecular flexibility index (Phi) is 3.52. The Morgan fingerprint density at radius 1 is 1.30 bits per heavy atom. The van der Waals surface area contributed by atoms with Gasteiger partial charge in [-0.05, 0) is 38.8 Å². The van der Waals surface area contributed by atoms with Crippen molar-refractivity contribution in [2.45, 2.75) is 44.8 Å². The van der Waals surface area contributed by atoms with Crippen LogP contribution in [0.25, 0.3) is 0 Å². The first-order chi connectivity index (χ1) is 9.54. The number of nitrogens with two attached hydrogens (primary N) is 1. The van der Waals surface area contributed by atoms with Gasteiger partial charge in [0, 0.05) is 16.3 Å². The Balaban J connectivity index is 1.77. The lowest BCUT2D eigenvalue weighted by Crippen LogP contribution is -2.28. The monoisotopic (exact) mass is 288 g/mol. The molecule has 0 amide bonds. The number of benzene rings is 1. The molecule has 3 rings (SSSR count). The number of nitrogens with zero attached hydrogens (tertiary/aromatic N) is 1. The molecule has 0 bridgehead atoms. The second-order valence-electron chi connectivity index (χ2n) is 5.92. The summed E-state index contributed by atoms with van der Waals surface area (Å²) in [6.07, 6.45) is 2.48. The molecule has 0 atom stereocenters. The van der Waals surface area contributed by atoms with E-state index < -0.39 is 0 Å². The third kappa shape index (κ3) is 3.02. The quantitative estimate of drug-likeness (QED) is 0.910. The van der Waals surface area contributed by atoms with E-state index >= 15 is 0 Å². The molecule has 0 unspecified atom stereocenters. The van der Waals surface area contributed by atoms with Crippen LogP contribution in [0.15, 0.2) is 30.3 Å². The molecule has 2 N–H and O–H groups in total. The molecule has 3 nitrogen and oxygen atoms in total. The maximum atomic E-state index is 6.27. The predicted octanol–water partition coefficient (Wildman–Crippen LogP) is 3.79. The van der Waals surface area contributed by atoms with Gasteiger partial charge in [0.15, 0.2) is 0 Å². The van der Waals surface area contributed by atoms with E-state index in [1.165, 1.54) is 23.4 Å². The van der Waals surface area contributed by atoms with Crippen molar-refractivity contribution in [2.24, 2.45) is 5.73 Å². The first-order valence-corrected chi connectivity index (χ1v) is 7.82. The normalized spacial score (nSPS) is 15.3. The molecule has 1 aliphatic rings. The highest BCUT2D eigenvalue weighted by atomic mass is 32.1. The molecule has 20 heavy (non-hydrogen) atoms. The van der Waals surface area contributed by atoms with Crippen LogP contribution in [-0.2, 0) is 12.1 Å². The van der Waals surface area contributed by atoms with Crippen LogP contribution in [0, 0.1) is 0 Å². The molecule has 0 aliphatic heterocycles. The number of rotatable bonds is 5. The highest BCUT2D eigenvalue weighted by Crippen LogP contribution is 2.45. The van der Waals surface area contributed by atoms with Crippen LogP contribution in [0.4, 0.5) is 0 Å². The first-order valence-electron chi connectivity index (χ1n) is 7.01. The maximum Gasteiger partial charge on any atom is 0.140 e. The summed E-state index contributed by atoms with van der Waals surface area (Å²) in [6, 6.07) is 9.85. The van der Waals surface area contributed by atoms with Crippen LogP contribution >= 0.6 is 11.3 Å². The Morgan fingerprint density at radius 3 is 2.60 bits per heavy atom. The molecule has 0 spiro atoms. The van der Waals surface area contributed by atoms with Crippen LogP contribution in [0.5, 0.6) is 5.75 Å². The number of aromatic nitrogens is 1. The van der Waals surface area contributed by atoms with Crippen molar-refractivity contribution >= 4 is 11.3 Å². The maximum absolute atomic E-state index is 6.27. The van der Waals surface area contributed by atoms with Gasteiger partial charge in [-0.3, -0.25) is 0 Å². The lowest BCUT2D eigenvalue weighted by Gasteiger charge is -2.17. The van der Waals surface area contributed by atoms with E-state index in [4.69, 9.17) is 15.5 Å². The molecule has 2 aromatic rings. The smallest absolute Gasteiger partial charge is 0.140 e. The fourth-order valence-corrected chi connectivity index (χ4v) is 3.27. The van der Waals surface area contributed by atoms with Gasteiger partial charge >= 0.3 is 0 Å². The van der Waals surface area contributed by atoms with Gasteiger partial charge in [-0.2, -0.15) is 0 Å². The van der Waals surface area contributed by atoms with Gasteiger partial charge in [0.25, 0.3) is 0 Å². The number of para-hydroxylation sites is 1. The SMILES string of the molecule is CC(C)(N)c1sc(COc2ccccc2)nc1C1CC1. The summed E-state index contributed by atoms with van der Waals surface area (Å²) in [6.45, 7) is 4.62. The number of hydrogen-bond donors (Lipinski definition) is 1. The minimum Gasteiger partial charge on any atom is -0.486 e. The van der Waals surface area contributed by atoms with Crippen LogP contribution in [0.2, 0.25) is 0 Å². The Labute approximate surface area is 123 Å². The first kappa shape index (κ1) is 13.6. The van der Waals surface area contributed by atoms with Crippen molar-refractivity contribution in [3.8, 4) is 5.75 Å². The molecule has 1 aliphatic carbocycles. The zero-order valence-corrected chi connectivity index (χ0v) is 12.7. The van der Waals surface area contributed by atoms with Crippen molar-refractivity contribution in [2.75, 3.05) is 0 Å². The molecule has 0 saturated heterocycles. The van der Waals surface area contributed by atoms with Gasteiger partial charge in [0.1, 0.15) is 17.4 Å². The molecule has 106 valence electrons. The van der Waals surface area contributed by atoms with Gasteiger partial charge < -0.3 is 10.5 Å². The fourth-order valence-electron chi connectivity index (χ4n) is 2.20. The second-order valence-corrected chi connectivity index (χ2v) is 7.00. The van der Waals surface area contributed by atoms with Crippen molar-refractivity contribution in [3.05, 3.63) is 45.9 Å². The summed E-state index contributed by atoms with van der Waals surface area (Å²) >= 11 is 1.69. The van der Waals surface area contributed by atoms with Crippen molar-refractivity contribution in [3.63, 3.8) is 0 Å². The average Bonchev–Trinajstić information content (AvgIpc) is 3.16. The van der Waals surface area contributed by atoms with E-state index in [-0.39, 0.29) is 5.54 Å². The minimum absolute atomic E-state index is 0.319. The summed E-state index contributed by atoms with van der Waals surface area (Å²) < 4.78 is 5.78. The van der Waals surface area contributed by atoms with E-state index in [2.05, 4.69) is 0 Å². The zero-order valence-electron chi connectivity index (χ0n) is 11.9. The third-order valence-corrected chi connectivity index (χ3v) is 4.74. The standard InChI is InChI=1S/C16H20N2OS/c1-16(2,17)15-14(11-8-9-11)18-13(20-15)10-19-12-6-4-3-5-7-12/h3-7,11H,8-10,17H2,1-2H3. The number of hydrogen-bond acceptors (Lipinski definition) is 4. The van der Waals surface area contributed by atoms with E-state index in [1.807, 2.05) is 44.2 Å². The molecular formula is C16H20N2OS. The second kappa shape index (κ2) is 5.19. The highest BCUT2D eigenvalue weighted by Gasteiger charge is 2.33. The average molecular weight is 288 g/mol.